The molecule has 2 saturated carbocycles. The topological polar surface area (TPSA) is 66.4 Å². The predicted octanol–water partition coefficient (Wildman–Crippen LogP) is 1.26. The van der Waals surface area contributed by atoms with Crippen molar-refractivity contribution in [2.75, 3.05) is 6.54 Å². The Kier molecular flexibility index (Phi) is 3.17. The van der Waals surface area contributed by atoms with E-state index in [2.05, 4.69) is 12.2 Å². The number of hydrogen-bond donors (Lipinski definition) is 2. The van der Waals surface area contributed by atoms with Gasteiger partial charge in [-0.3, -0.25) is 9.59 Å². The van der Waals surface area contributed by atoms with Crippen molar-refractivity contribution in [3.63, 3.8) is 0 Å². The minimum absolute atomic E-state index is 0.0630. The number of rotatable bonds is 4. The third-order valence-corrected chi connectivity index (χ3v) is 3.81. The summed E-state index contributed by atoms with van der Waals surface area (Å²) in [5.41, 5.74) is 0. The van der Waals surface area contributed by atoms with Gasteiger partial charge in [-0.25, -0.2) is 0 Å². The van der Waals surface area contributed by atoms with Crippen LogP contribution in [0.4, 0.5) is 0 Å². The SMILES string of the molecule is CC1CCC(CNC(=O)C2CC2C(=O)O)C1. The second-order valence-electron chi connectivity index (χ2n) is 5.32. The van der Waals surface area contributed by atoms with Gasteiger partial charge in [-0.2, -0.15) is 0 Å². The van der Waals surface area contributed by atoms with E-state index in [1.165, 1.54) is 19.3 Å². The molecule has 2 aliphatic carbocycles. The van der Waals surface area contributed by atoms with Crippen molar-refractivity contribution < 1.29 is 14.7 Å². The normalized spacial score (nSPS) is 37.1. The average molecular weight is 225 g/mol. The fourth-order valence-corrected chi connectivity index (χ4v) is 2.64. The number of amides is 1. The van der Waals surface area contributed by atoms with E-state index in [0.717, 1.165) is 12.5 Å². The molecule has 0 aromatic rings. The summed E-state index contributed by atoms with van der Waals surface area (Å²) in [7, 11) is 0. The second-order valence-corrected chi connectivity index (χ2v) is 5.32. The van der Waals surface area contributed by atoms with Crippen LogP contribution in [-0.2, 0) is 9.59 Å². The van der Waals surface area contributed by atoms with Crippen LogP contribution >= 0.6 is 0 Å². The highest BCUT2D eigenvalue weighted by Crippen LogP contribution is 2.38. The molecule has 0 spiro atoms. The second kappa shape index (κ2) is 4.44. The molecule has 16 heavy (non-hydrogen) atoms. The fourth-order valence-electron chi connectivity index (χ4n) is 2.64. The summed E-state index contributed by atoms with van der Waals surface area (Å²) in [5.74, 6) is -0.226. The molecule has 4 heteroatoms. The Morgan fingerprint density at radius 2 is 2.00 bits per heavy atom. The van der Waals surface area contributed by atoms with Crippen LogP contribution in [0.15, 0.2) is 0 Å². The maximum Gasteiger partial charge on any atom is 0.307 e. The van der Waals surface area contributed by atoms with Crippen molar-refractivity contribution in [3.8, 4) is 0 Å². The van der Waals surface area contributed by atoms with Crippen molar-refractivity contribution in [2.45, 2.75) is 32.6 Å². The van der Waals surface area contributed by atoms with Gasteiger partial charge in [-0.05, 0) is 31.1 Å². The van der Waals surface area contributed by atoms with Gasteiger partial charge in [0.1, 0.15) is 0 Å². The number of nitrogens with one attached hydrogen (secondary N) is 1. The highest BCUT2D eigenvalue weighted by atomic mass is 16.4. The Hall–Kier alpha value is -1.06. The number of carbonyl (C=O) groups is 2. The van der Waals surface area contributed by atoms with E-state index in [4.69, 9.17) is 5.11 Å². The van der Waals surface area contributed by atoms with Crippen molar-refractivity contribution >= 4 is 11.9 Å². The first-order valence-electron chi connectivity index (χ1n) is 6.08. The maximum absolute atomic E-state index is 11.6. The van der Waals surface area contributed by atoms with E-state index in [1.807, 2.05) is 0 Å². The van der Waals surface area contributed by atoms with Crippen LogP contribution in [0.3, 0.4) is 0 Å². The molecule has 2 N–H and O–H groups in total. The number of aliphatic carboxylic acids is 1. The zero-order valence-corrected chi connectivity index (χ0v) is 9.61. The summed E-state index contributed by atoms with van der Waals surface area (Å²) in [6.07, 6.45) is 4.14. The van der Waals surface area contributed by atoms with Crippen LogP contribution in [0.25, 0.3) is 0 Å². The fraction of sp³-hybridized carbons (Fsp3) is 0.833. The molecule has 4 unspecified atom stereocenters. The first-order chi connectivity index (χ1) is 7.58. The van der Waals surface area contributed by atoms with Gasteiger partial charge in [0.15, 0.2) is 0 Å². The minimum Gasteiger partial charge on any atom is -0.481 e. The highest BCUT2D eigenvalue weighted by molar-refractivity contribution is 5.89. The molecule has 90 valence electrons. The molecule has 0 radical (unpaired) electrons. The van der Waals surface area contributed by atoms with Gasteiger partial charge >= 0.3 is 5.97 Å². The summed E-state index contributed by atoms with van der Waals surface area (Å²) in [6.45, 7) is 2.97. The van der Waals surface area contributed by atoms with E-state index in [1.54, 1.807) is 0 Å². The van der Waals surface area contributed by atoms with E-state index in [9.17, 15) is 9.59 Å². The maximum atomic E-state index is 11.6. The Morgan fingerprint density at radius 3 is 2.50 bits per heavy atom. The first kappa shape index (κ1) is 11.4. The lowest BCUT2D eigenvalue weighted by atomic mass is 10.1. The number of carboxylic acid groups (broad SMARTS) is 1. The van der Waals surface area contributed by atoms with E-state index < -0.39 is 11.9 Å². The van der Waals surface area contributed by atoms with Crippen LogP contribution in [0.5, 0.6) is 0 Å². The van der Waals surface area contributed by atoms with Gasteiger partial charge in [0.05, 0.1) is 11.8 Å². The molecule has 2 fully saturated rings. The van der Waals surface area contributed by atoms with E-state index >= 15 is 0 Å². The molecule has 1 amide bonds. The molecule has 4 atom stereocenters. The summed E-state index contributed by atoms with van der Waals surface area (Å²) in [5, 5.41) is 11.6. The van der Waals surface area contributed by atoms with Gasteiger partial charge < -0.3 is 10.4 Å². The number of carbonyl (C=O) groups excluding carboxylic acids is 1. The Morgan fingerprint density at radius 1 is 1.25 bits per heavy atom. The van der Waals surface area contributed by atoms with Gasteiger partial charge in [0.25, 0.3) is 0 Å². The summed E-state index contributed by atoms with van der Waals surface area (Å²) in [4.78, 5) is 22.2. The molecule has 2 rings (SSSR count). The molecule has 0 heterocycles. The number of hydrogen-bond acceptors (Lipinski definition) is 2. The van der Waals surface area contributed by atoms with Gasteiger partial charge in [0, 0.05) is 6.54 Å². The van der Waals surface area contributed by atoms with Crippen LogP contribution in [0.2, 0.25) is 0 Å². The Balaban J connectivity index is 1.67. The lowest BCUT2D eigenvalue weighted by Crippen LogP contribution is -2.30. The lowest BCUT2D eigenvalue weighted by Gasteiger charge is -2.10. The highest BCUT2D eigenvalue weighted by Gasteiger charge is 2.48. The predicted molar refractivity (Wildman–Crippen MR) is 58.7 cm³/mol. The molecule has 0 aromatic carbocycles. The third kappa shape index (κ3) is 2.54. The van der Waals surface area contributed by atoms with Crippen LogP contribution in [0.1, 0.15) is 32.6 Å². The summed E-state index contributed by atoms with van der Waals surface area (Å²) in [6, 6.07) is 0. The quantitative estimate of drug-likeness (QED) is 0.757. The van der Waals surface area contributed by atoms with Crippen molar-refractivity contribution in [3.05, 3.63) is 0 Å². The molecule has 2 aliphatic rings. The number of carboxylic acids is 1. The summed E-state index contributed by atoms with van der Waals surface area (Å²) >= 11 is 0. The Bertz CT molecular complexity index is 303. The van der Waals surface area contributed by atoms with Gasteiger partial charge in [-0.1, -0.05) is 13.3 Å². The van der Waals surface area contributed by atoms with Crippen molar-refractivity contribution in [1.29, 1.82) is 0 Å². The lowest BCUT2D eigenvalue weighted by molar-refractivity contribution is -0.140. The zero-order chi connectivity index (χ0) is 11.7. The zero-order valence-electron chi connectivity index (χ0n) is 9.61. The van der Waals surface area contributed by atoms with Gasteiger partial charge in [0.2, 0.25) is 5.91 Å². The summed E-state index contributed by atoms with van der Waals surface area (Å²) < 4.78 is 0. The largest absolute Gasteiger partial charge is 0.481 e. The average Bonchev–Trinajstić information content (AvgIpc) is 2.93. The van der Waals surface area contributed by atoms with E-state index in [0.29, 0.717) is 12.3 Å². The van der Waals surface area contributed by atoms with Gasteiger partial charge in [-0.15, -0.1) is 0 Å². The van der Waals surface area contributed by atoms with E-state index in [-0.39, 0.29) is 11.8 Å². The molecule has 0 bridgehead atoms. The smallest absolute Gasteiger partial charge is 0.307 e. The molecular weight excluding hydrogens is 206 g/mol. The Labute approximate surface area is 95.4 Å². The monoisotopic (exact) mass is 225 g/mol. The molecule has 0 aromatic heterocycles. The van der Waals surface area contributed by atoms with Crippen molar-refractivity contribution in [2.24, 2.45) is 23.7 Å². The van der Waals surface area contributed by atoms with Crippen molar-refractivity contribution in [1.82, 2.24) is 5.32 Å². The van der Waals surface area contributed by atoms with Crippen LogP contribution in [0, 0.1) is 23.7 Å². The third-order valence-electron chi connectivity index (χ3n) is 3.81. The first-order valence-corrected chi connectivity index (χ1v) is 6.08. The van der Waals surface area contributed by atoms with Crippen LogP contribution < -0.4 is 5.32 Å². The molecule has 0 saturated heterocycles. The van der Waals surface area contributed by atoms with Crippen LogP contribution in [-0.4, -0.2) is 23.5 Å². The standard InChI is InChI=1S/C12H19NO3/c1-7-2-3-8(4-7)6-13-11(14)9-5-10(9)12(15)16/h7-10H,2-6H2,1H3,(H,13,14)(H,15,16). The molecular formula is C12H19NO3. The molecule has 0 aliphatic heterocycles. The minimum atomic E-state index is -0.838. The molecule has 4 nitrogen and oxygen atoms in total.